The van der Waals surface area contributed by atoms with Gasteiger partial charge in [0.25, 0.3) is 0 Å². The molecule has 0 spiro atoms. The first kappa shape index (κ1) is 15.2. The third kappa shape index (κ3) is 5.10. The molecule has 7 heteroatoms. The Morgan fingerprint density at radius 1 is 1.42 bits per heavy atom. The van der Waals surface area contributed by atoms with Crippen molar-refractivity contribution in [3.8, 4) is 11.9 Å². The van der Waals surface area contributed by atoms with Gasteiger partial charge < -0.3 is 0 Å². The first-order chi connectivity index (χ1) is 8.82. The molecule has 6 nitrogen and oxygen atoms in total. The molecule has 0 heterocycles. The van der Waals surface area contributed by atoms with Crippen LogP contribution in [0.4, 0.5) is 5.69 Å². The number of carbonyl (C=O) groups is 1. The zero-order valence-electron chi connectivity index (χ0n) is 10.8. The SMILES string of the molecule is C#[P+]N=C(N)Nc1ccc(OC(=O)C(C)(C)N)cc1. The zero-order chi connectivity index (χ0) is 14.5. The first-order valence-corrected chi connectivity index (χ1v) is 6.36. The maximum absolute atomic E-state index is 11.6. The fourth-order valence-corrected chi connectivity index (χ4v) is 1.25. The third-order valence-corrected chi connectivity index (χ3v) is 2.36. The summed E-state index contributed by atoms with van der Waals surface area (Å²) in [5.74, 6) is 0.106. The van der Waals surface area contributed by atoms with Gasteiger partial charge >= 0.3 is 112 Å². The molecule has 1 rings (SSSR count). The number of nitrogens with one attached hydrogen (secondary N) is 1. The molecule has 1 aromatic carbocycles. The van der Waals surface area contributed by atoms with Crippen LogP contribution in [-0.4, -0.2) is 17.5 Å². The quantitative estimate of drug-likeness (QED) is 0.256. The molecule has 0 amide bonds. The molecule has 100 valence electrons. The molecule has 0 aliphatic rings. The predicted octanol–water partition coefficient (Wildman–Crippen LogP) is 1.51. The summed E-state index contributed by atoms with van der Waals surface area (Å²) in [6.45, 7) is 3.16. The number of carbonyl (C=O) groups excluding carboxylic acids is 1. The Bertz CT molecular complexity index is 526. The maximum atomic E-state index is 11.6. The molecule has 0 aliphatic carbocycles. The fraction of sp³-hybridized carbons (Fsp3) is 0.250. The second-order valence-corrected chi connectivity index (χ2v) is 4.79. The van der Waals surface area contributed by atoms with E-state index in [1.165, 1.54) is 0 Å². The van der Waals surface area contributed by atoms with Gasteiger partial charge in [-0.05, 0) is 0 Å². The second kappa shape index (κ2) is 6.34. The van der Waals surface area contributed by atoms with Crippen molar-refractivity contribution in [2.75, 3.05) is 5.32 Å². The van der Waals surface area contributed by atoms with Crippen molar-refractivity contribution in [1.82, 2.24) is 0 Å². The van der Waals surface area contributed by atoms with Crippen molar-refractivity contribution in [3.63, 3.8) is 0 Å². The van der Waals surface area contributed by atoms with Gasteiger partial charge in [0.05, 0.1) is 0 Å². The molecular formula is C12H16N4O2P+. The zero-order valence-corrected chi connectivity index (χ0v) is 11.6. The Balaban J connectivity index is 2.70. The summed E-state index contributed by atoms with van der Waals surface area (Å²) in [6, 6.07) is 6.64. The summed E-state index contributed by atoms with van der Waals surface area (Å²) in [5, 5.41) is 2.83. The number of benzene rings is 1. The average Bonchev–Trinajstić information content (AvgIpc) is 2.30. The molecule has 0 aromatic heterocycles. The van der Waals surface area contributed by atoms with Crippen molar-refractivity contribution in [3.05, 3.63) is 24.3 Å². The average molecular weight is 279 g/mol. The van der Waals surface area contributed by atoms with Gasteiger partial charge in [-0.2, -0.15) is 0 Å². The Kier molecular flexibility index (Phi) is 5.07. The Hall–Kier alpha value is -1.87. The Morgan fingerprint density at radius 2 is 2.00 bits per heavy atom. The second-order valence-electron chi connectivity index (χ2n) is 4.36. The van der Waals surface area contributed by atoms with Crippen LogP contribution in [0.1, 0.15) is 13.8 Å². The molecule has 5 N–H and O–H groups in total. The van der Waals surface area contributed by atoms with Gasteiger partial charge in [-0.25, -0.2) is 0 Å². The van der Waals surface area contributed by atoms with E-state index in [1.54, 1.807) is 38.1 Å². The van der Waals surface area contributed by atoms with Crippen molar-refractivity contribution in [2.24, 2.45) is 16.2 Å². The molecule has 0 saturated heterocycles. The van der Waals surface area contributed by atoms with E-state index in [2.05, 4.69) is 10.1 Å². The fourth-order valence-electron chi connectivity index (χ4n) is 1.08. The van der Waals surface area contributed by atoms with Crippen LogP contribution in [-0.2, 0) is 4.79 Å². The topological polar surface area (TPSA) is 103 Å². The summed E-state index contributed by atoms with van der Waals surface area (Å²) in [4.78, 5) is 11.6. The molecule has 0 saturated carbocycles. The summed E-state index contributed by atoms with van der Waals surface area (Å²) in [5.41, 5.74) is 10.8. The molecule has 0 fully saturated rings. The monoisotopic (exact) mass is 279 g/mol. The van der Waals surface area contributed by atoms with Crippen LogP contribution in [0.25, 0.3) is 0 Å². The van der Waals surface area contributed by atoms with Crippen molar-refractivity contribution in [1.29, 1.82) is 0 Å². The van der Waals surface area contributed by atoms with E-state index in [-0.39, 0.29) is 5.96 Å². The first-order valence-electron chi connectivity index (χ1n) is 5.44. The van der Waals surface area contributed by atoms with E-state index < -0.39 is 11.5 Å². The third-order valence-electron chi connectivity index (χ3n) is 2.03. The van der Waals surface area contributed by atoms with Crippen molar-refractivity contribution < 1.29 is 9.53 Å². The van der Waals surface area contributed by atoms with Crippen LogP contribution >= 0.6 is 8.19 Å². The van der Waals surface area contributed by atoms with Gasteiger partial charge in [0.1, 0.15) is 0 Å². The molecule has 1 aromatic rings. The van der Waals surface area contributed by atoms with Crippen LogP contribution in [0, 0.1) is 6.13 Å². The number of nitrogens with zero attached hydrogens (tertiary/aromatic N) is 1. The van der Waals surface area contributed by atoms with Crippen LogP contribution < -0.4 is 21.5 Å². The van der Waals surface area contributed by atoms with E-state index in [4.69, 9.17) is 22.3 Å². The van der Waals surface area contributed by atoms with Gasteiger partial charge in [0.2, 0.25) is 0 Å². The number of rotatable bonds is 3. The number of hydrogen-bond acceptors (Lipinski definition) is 4. The van der Waals surface area contributed by atoms with Crippen LogP contribution in [0.15, 0.2) is 29.0 Å². The number of esters is 1. The molecule has 19 heavy (non-hydrogen) atoms. The van der Waals surface area contributed by atoms with Gasteiger partial charge in [-0.15, -0.1) is 0 Å². The minimum atomic E-state index is -1.03. The van der Waals surface area contributed by atoms with Gasteiger partial charge in [0, 0.05) is 0 Å². The van der Waals surface area contributed by atoms with Gasteiger partial charge in [-0.1, -0.05) is 0 Å². The summed E-state index contributed by atoms with van der Waals surface area (Å²) in [7, 11) is 0.328. The molecule has 0 aliphatic heterocycles. The number of ether oxygens (including phenoxy) is 1. The standard InChI is InChI=1S/C12H16N4O2P/c1-12(2,14)10(17)18-9-6-4-8(5-7-9)15-11(13)16-19-3/h3-7H,14H2,1-2H3,(H3,13,15,16)/q+1. The van der Waals surface area contributed by atoms with E-state index >= 15 is 0 Å². The Morgan fingerprint density at radius 3 is 2.47 bits per heavy atom. The molecule has 0 radical (unpaired) electrons. The number of guanidine groups is 1. The van der Waals surface area contributed by atoms with E-state index in [1.807, 2.05) is 0 Å². The van der Waals surface area contributed by atoms with Crippen LogP contribution in [0.3, 0.4) is 0 Å². The van der Waals surface area contributed by atoms with Crippen LogP contribution in [0.2, 0.25) is 0 Å². The van der Waals surface area contributed by atoms with E-state index in [0.29, 0.717) is 19.6 Å². The number of hydrogen-bond donors (Lipinski definition) is 3. The molecule has 0 atom stereocenters. The van der Waals surface area contributed by atoms with Gasteiger partial charge in [-0.3, -0.25) is 0 Å². The normalized spacial score (nSPS) is 11.8. The molecular weight excluding hydrogens is 263 g/mol. The predicted molar refractivity (Wildman–Crippen MR) is 77.5 cm³/mol. The molecule has 0 bridgehead atoms. The Labute approximate surface area is 113 Å². The summed E-state index contributed by atoms with van der Waals surface area (Å²) >= 11 is 0. The number of nitrogens with two attached hydrogens (primary N) is 2. The van der Waals surface area contributed by atoms with Crippen molar-refractivity contribution in [2.45, 2.75) is 19.4 Å². The van der Waals surface area contributed by atoms with E-state index in [0.717, 1.165) is 0 Å². The minimum absolute atomic E-state index is 0.206. The van der Waals surface area contributed by atoms with Crippen LogP contribution in [0.5, 0.6) is 5.75 Å². The summed E-state index contributed by atoms with van der Waals surface area (Å²) in [6.07, 6.45) is 5.20. The van der Waals surface area contributed by atoms with E-state index in [9.17, 15) is 4.79 Å². The van der Waals surface area contributed by atoms with Crippen molar-refractivity contribution >= 4 is 25.8 Å². The number of anilines is 1. The van der Waals surface area contributed by atoms with Gasteiger partial charge in [0.15, 0.2) is 0 Å². The summed E-state index contributed by atoms with van der Waals surface area (Å²) < 4.78 is 8.87. The molecule has 0 unspecified atom stereocenters.